The number of aryl methyl sites for hydroxylation is 2. The minimum Gasteiger partial charge on any atom is -0.329 e. The Labute approximate surface area is 150 Å². The lowest BCUT2D eigenvalue weighted by molar-refractivity contribution is 0.0737. The minimum atomic E-state index is 0.0118. The van der Waals surface area contributed by atoms with E-state index >= 15 is 0 Å². The van der Waals surface area contributed by atoms with Gasteiger partial charge in [0.15, 0.2) is 0 Å². The van der Waals surface area contributed by atoms with Crippen LogP contribution in [0.4, 0.5) is 0 Å². The van der Waals surface area contributed by atoms with Crippen molar-refractivity contribution in [1.82, 2.24) is 24.4 Å². The van der Waals surface area contributed by atoms with Crippen molar-refractivity contribution in [2.24, 2.45) is 0 Å². The van der Waals surface area contributed by atoms with E-state index in [1.807, 2.05) is 47.7 Å². The molecule has 128 valence electrons. The maximum atomic E-state index is 12.9. The lowest BCUT2D eigenvalue weighted by atomic mass is 10.1. The van der Waals surface area contributed by atoms with Crippen LogP contribution >= 0.6 is 11.3 Å². The third-order valence-corrected chi connectivity index (χ3v) is 5.54. The number of likely N-dealkylation sites (tertiary alicyclic amines) is 1. The van der Waals surface area contributed by atoms with E-state index in [1.54, 1.807) is 11.7 Å². The molecule has 1 aliphatic rings. The molecule has 1 aliphatic heterocycles. The monoisotopic (exact) mass is 353 g/mol. The first kappa shape index (κ1) is 16.0. The molecule has 0 spiro atoms. The Morgan fingerprint density at radius 2 is 2.16 bits per heavy atom. The van der Waals surface area contributed by atoms with Crippen LogP contribution in [0.5, 0.6) is 0 Å². The van der Waals surface area contributed by atoms with Crippen LogP contribution in [0.2, 0.25) is 0 Å². The van der Waals surface area contributed by atoms with Crippen molar-refractivity contribution in [2.75, 3.05) is 6.54 Å². The highest BCUT2D eigenvalue weighted by molar-refractivity contribution is 7.11. The summed E-state index contributed by atoms with van der Waals surface area (Å²) in [7, 11) is 0. The number of rotatable bonds is 3. The Bertz CT molecular complexity index is 916. The molecule has 0 aromatic carbocycles. The number of pyridine rings is 1. The second kappa shape index (κ2) is 6.40. The van der Waals surface area contributed by atoms with Crippen LogP contribution in [0.25, 0.3) is 5.82 Å². The lowest BCUT2D eigenvalue weighted by Gasteiger charge is -2.24. The Kier molecular flexibility index (Phi) is 4.09. The molecule has 25 heavy (non-hydrogen) atoms. The van der Waals surface area contributed by atoms with Gasteiger partial charge in [0.25, 0.3) is 5.91 Å². The molecule has 1 amide bonds. The number of imidazole rings is 1. The van der Waals surface area contributed by atoms with E-state index in [9.17, 15) is 4.79 Å². The number of carbonyl (C=O) groups is 1. The molecule has 0 unspecified atom stereocenters. The molecule has 1 fully saturated rings. The minimum absolute atomic E-state index is 0.0118. The molecule has 3 aromatic rings. The van der Waals surface area contributed by atoms with Crippen molar-refractivity contribution >= 4 is 17.2 Å². The van der Waals surface area contributed by atoms with Gasteiger partial charge in [-0.25, -0.2) is 15.0 Å². The van der Waals surface area contributed by atoms with E-state index < -0.39 is 0 Å². The molecule has 0 N–H and O–H groups in total. The van der Waals surface area contributed by atoms with Gasteiger partial charge in [0, 0.05) is 18.9 Å². The number of hydrogen-bond acceptors (Lipinski definition) is 5. The Balaban J connectivity index is 1.66. The van der Waals surface area contributed by atoms with Crippen molar-refractivity contribution in [3.8, 4) is 5.82 Å². The van der Waals surface area contributed by atoms with Crippen LogP contribution in [0.3, 0.4) is 0 Å². The molecule has 1 saturated heterocycles. The van der Waals surface area contributed by atoms with Crippen molar-refractivity contribution in [1.29, 1.82) is 0 Å². The quantitative estimate of drug-likeness (QED) is 0.725. The molecular formula is C18H19N5OS. The molecule has 1 atom stereocenters. The summed E-state index contributed by atoms with van der Waals surface area (Å²) in [6.07, 6.45) is 5.59. The van der Waals surface area contributed by atoms with E-state index in [-0.39, 0.29) is 11.9 Å². The summed E-state index contributed by atoms with van der Waals surface area (Å²) in [5.41, 5.74) is 3.46. The number of aromatic nitrogens is 4. The topological polar surface area (TPSA) is 63.9 Å². The second-order valence-corrected chi connectivity index (χ2v) is 7.04. The molecule has 7 heteroatoms. The van der Waals surface area contributed by atoms with Crippen LogP contribution in [-0.4, -0.2) is 36.9 Å². The van der Waals surface area contributed by atoms with Gasteiger partial charge in [-0.1, -0.05) is 6.07 Å². The van der Waals surface area contributed by atoms with Gasteiger partial charge in [-0.05, 0) is 38.8 Å². The molecule has 3 aromatic heterocycles. The third-order valence-electron chi connectivity index (χ3n) is 4.62. The summed E-state index contributed by atoms with van der Waals surface area (Å²) in [5.74, 6) is 1.79. The van der Waals surface area contributed by atoms with Gasteiger partial charge >= 0.3 is 0 Å². The predicted octanol–water partition coefficient (Wildman–Crippen LogP) is 3.32. The molecule has 0 saturated carbocycles. The Morgan fingerprint density at radius 3 is 2.88 bits per heavy atom. The summed E-state index contributed by atoms with van der Waals surface area (Å²) in [6, 6.07) is 5.98. The normalized spacial score (nSPS) is 17.2. The standard InChI is InChI=1S/C18H19N5OS/c1-12-17(25-11-20-12)18(24)23-9-4-6-15(23)14-5-3-7-16(21-14)22-10-8-19-13(22)2/h3,5,7-8,10-11,15H,4,6,9H2,1-2H3/t15-/m0/s1. The third kappa shape index (κ3) is 2.84. The number of thiazole rings is 1. The fraction of sp³-hybridized carbons (Fsp3) is 0.333. The van der Waals surface area contributed by atoms with E-state index in [2.05, 4.69) is 9.97 Å². The lowest BCUT2D eigenvalue weighted by Crippen LogP contribution is -2.31. The number of hydrogen-bond donors (Lipinski definition) is 0. The summed E-state index contributed by atoms with van der Waals surface area (Å²) < 4.78 is 1.96. The molecule has 0 radical (unpaired) electrons. The first-order valence-corrected chi connectivity index (χ1v) is 9.21. The zero-order chi connectivity index (χ0) is 17.4. The van der Waals surface area contributed by atoms with Crippen LogP contribution in [0.1, 0.15) is 45.8 Å². The van der Waals surface area contributed by atoms with E-state index in [0.29, 0.717) is 0 Å². The number of nitrogens with zero attached hydrogens (tertiary/aromatic N) is 5. The van der Waals surface area contributed by atoms with E-state index in [0.717, 1.165) is 47.3 Å². The summed E-state index contributed by atoms with van der Waals surface area (Å²) in [4.78, 5) is 28.9. The predicted molar refractivity (Wildman–Crippen MR) is 96.0 cm³/mol. The zero-order valence-electron chi connectivity index (χ0n) is 14.2. The Morgan fingerprint density at radius 1 is 1.28 bits per heavy atom. The average Bonchev–Trinajstić information content (AvgIpc) is 3.35. The maximum absolute atomic E-state index is 12.9. The largest absolute Gasteiger partial charge is 0.329 e. The molecule has 4 rings (SSSR count). The molecular weight excluding hydrogens is 334 g/mol. The van der Waals surface area contributed by atoms with Crippen molar-refractivity contribution in [3.05, 3.63) is 58.2 Å². The van der Waals surface area contributed by atoms with E-state index in [1.165, 1.54) is 11.3 Å². The SMILES string of the molecule is Cc1ncsc1C(=O)N1CCC[C@H]1c1cccc(-n2ccnc2C)n1. The smallest absolute Gasteiger partial charge is 0.266 e. The summed E-state index contributed by atoms with van der Waals surface area (Å²) >= 11 is 1.41. The summed E-state index contributed by atoms with van der Waals surface area (Å²) in [6.45, 7) is 4.60. The van der Waals surface area contributed by atoms with E-state index in [4.69, 9.17) is 4.98 Å². The highest BCUT2D eigenvalue weighted by Crippen LogP contribution is 2.33. The summed E-state index contributed by atoms with van der Waals surface area (Å²) in [5, 5.41) is 0. The average molecular weight is 353 g/mol. The van der Waals surface area contributed by atoms with Crippen LogP contribution < -0.4 is 0 Å². The van der Waals surface area contributed by atoms with Gasteiger partial charge in [0.1, 0.15) is 16.5 Å². The van der Waals surface area contributed by atoms with Gasteiger partial charge in [0.2, 0.25) is 0 Å². The number of carbonyl (C=O) groups excluding carboxylic acids is 1. The fourth-order valence-electron chi connectivity index (χ4n) is 3.33. The van der Waals surface area contributed by atoms with Gasteiger partial charge in [-0.2, -0.15) is 0 Å². The van der Waals surface area contributed by atoms with Crippen molar-refractivity contribution < 1.29 is 4.79 Å². The highest BCUT2D eigenvalue weighted by atomic mass is 32.1. The van der Waals surface area contributed by atoms with Gasteiger partial charge in [-0.3, -0.25) is 9.36 Å². The highest BCUT2D eigenvalue weighted by Gasteiger charge is 2.33. The fourth-order valence-corrected chi connectivity index (χ4v) is 4.09. The first-order chi connectivity index (χ1) is 12.1. The molecule has 4 heterocycles. The van der Waals surface area contributed by atoms with Gasteiger partial charge < -0.3 is 4.90 Å². The van der Waals surface area contributed by atoms with Crippen molar-refractivity contribution in [3.63, 3.8) is 0 Å². The van der Waals surface area contributed by atoms with Crippen molar-refractivity contribution in [2.45, 2.75) is 32.7 Å². The number of amides is 1. The maximum Gasteiger partial charge on any atom is 0.266 e. The van der Waals surface area contributed by atoms with Gasteiger partial charge in [0.05, 0.1) is 22.9 Å². The van der Waals surface area contributed by atoms with Gasteiger partial charge in [-0.15, -0.1) is 11.3 Å². The Hall–Kier alpha value is -2.54. The first-order valence-electron chi connectivity index (χ1n) is 8.33. The molecule has 0 aliphatic carbocycles. The molecule has 0 bridgehead atoms. The van der Waals surface area contributed by atoms with Crippen LogP contribution in [-0.2, 0) is 0 Å². The second-order valence-electron chi connectivity index (χ2n) is 6.19. The van der Waals surface area contributed by atoms with Crippen LogP contribution in [0, 0.1) is 13.8 Å². The molecule has 6 nitrogen and oxygen atoms in total. The van der Waals surface area contributed by atoms with Crippen LogP contribution in [0.15, 0.2) is 36.1 Å². The zero-order valence-corrected chi connectivity index (χ0v) is 15.0.